The van der Waals surface area contributed by atoms with Gasteiger partial charge in [0, 0.05) is 5.92 Å². The molecule has 94 valence electrons. The lowest BCUT2D eigenvalue weighted by molar-refractivity contribution is 0.687. The standard InChI is InChI=1S/C17H21N/c1-13-7-3-5-9-15(13)11-16(12-18)17-10-6-4-8-14(17)2/h3-10,16H,11-12,18H2,1-2H3. The van der Waals surface area contributed by atoms with Crippen LogP contribution in [0.4, 0.5) is 0 Å². The molecule has 2 N–H and O–H groups in total. The molecule has 0 aliphatic carbocycles. The molecule has 1 nitrogen and oxygen atoms in total. The third-order valence-corrected chi connectivity index (χ3v) is 3.64. The first-order valence-electron chi connectivity index (χ1n) is 6.52. The van der Waals surface area contributed by atoms with Crippen molar-refractivity contribution in [1.82, 2.24) is 0 Å². The molecule has 18 heavy (non-hydrogen) atoms. The quantitative estimate of drug-likeness (QED) is 0.867. The van der Waals surface area contributed by atoms with Gasteiger partial charge in [-0.15, -0.1) is 0 Å². The van der Waals surface area contributed by atoms with Crippen molar-refractivity contribution in [2.45, 2.75) is 26.2 Å². The number of aryl methyl sites for hydroxylation is 2. The van der Waals surface area contributed by atoms with Crippen LogP contribution in [0.15, 0.2) is 48.5 Å². The maximum Gasteiger partial charge on any atom is 0.000429 e. The molecule has 0 saturated heterocycles. The second kappa shape index (κ2) is 5.83. The summed E-state index contributed by atoms with van der Waals surface area (Å²) < 4.78 is 0. The molecular formula is C17H21N. The number of hydrogen-bond donors (Lipinski definition) is 1. The highest BCUT2D eigenvalue weighted by molar-refractivity contribution is 5.33. The molecule has 0 bridgehead atoms. The average Bonchev–Trinajstić information content (AvgIpc) is 2.39. The lowest BCUT2D eigenvalue weighted by atomic mass is 9.88. The van der Waals surface area contributed by atoms with E-state index in [0.717, 1.165) is 6.42 Å². The van der Waals surface area contributed by atoms with Crippen molar-refractivity contribution in [3.8, 4) is 0 Å². The van der Waals surface area contributed by atoms with Crippen LogP contribution in [0, 0.1) is 13.8 Å². The third-order valence-electron chi connectivity index (χ3n) is 3.64. The highest BCUT2D eigenvalue weighted by atomic mass is 14.5. The van der Waals surface area contributed by atoms with Gasteiger partial charge >= 0.3 is 0 Å². The number of rotatable bonds is 4. The summed E-state index contributed by atoms with van der Waals surface area (Å²) in [6.07, 6.45) is 1.02. The second-order valence-electron chi connectivity index (χ2n) is 4.92. The zero-order valence-corrected chi connectivity index (χ0v) is 11.2. The summed E-state index contributed by atoms with van der Waals surface area (Å²) in [4.78, 5) is 0. The van der Waals surface area contributed by atoms with E-state index < -0.39 is 0 Å². The second-order valence-corrected chi connectivity index (χ2v) is 4.92. The predicted molar refractivity (Wildman–Crippen MR) is 77.9 cm³/mol. The van der Waals surface area contributed by atoms with Crippen molar-refractivity contribution in [3.63, 3.8) is 0 Å². The first-order chi connectivity index (χ1) is 8.72. The molecule has 2 aromatic rings. The summed E-state index contributed by atoms with van der Waals surface area (Å²) in [5.41, 5.74) is 11.4. The zero-order valence-electron chi connectivity index (χ0n) is 11.2. The average molecular weight is 239 g/mol. The minimum Gasteiger partial charge on any atom is -0.330 e. The van der Waals surface area contributed by atoms with E-state index in [1.54, 1.807) is 0 Å². The molecule has 2 rings (SSSR count). The summed E-state index contributed by atoms with van der Waals surface area (Å²) in [5, 5.41) is 0. The van der Waals surface area contributed by atoms with Crippen molar-refractivity contribution < 1.29 is 0 Å². The zero-order chi connectivity index (χ0) is 13.0. The molecule has 0 heterocycles. The van der Waals surface area contributed by atoms with Crippen molar-refractivity contribution in [1.29, 1.82) is 0 Å². The Morgan fingerprint density at radius 3 is 2.11 bits per heavy atom. The first-order valence-corrected chi connectivity index (χ1v) is 6.52. The van der Waals surface area contributed by atoms with Crippen molar-refractivity contribution in [2.24, 2.45) is 5.73 Å². The fraction of sp³-hybridized carbons (Fsp3) is 0.294. The smallest absolute Gasteiger partial charge is 0.000429 e. The largest absolute Gasteiger partial charge is 0.330 e. The van der Waals surface area contributed by atoms with Gasteiger partial charge in [-0.1, -0.05) is 48.5 Å². The minimum atomic E-state index is 0.410. The molecule has 0 aliphatic heterocycles. The van der Waals surface area contributed by atoms with Gasteiger partial charge in [0.25, 0.3) is 0 Å². The predicted octanol–water partition coefficient (Wildman–Crippen LogP) is 3.59. The summed E-state index contributed by atoms with van der Waals surface area (Å²) in [6.45, 7) is 5.02. The molecule has 1 heteroatoms. The molecule has 0 aromatic heterocycles. The Labute approximate surface area is 110 Å². The Balaban J connectivity index is 2.26. The molecule has 1 unspecified atom stereocenters. The van der Waals surface area contributed by atoms with Gasteiger partial charge < -0.3 is 5.73 Å². The summed E-state index contributed by atoms with van der Waals surface area (Å²) in [7, 11) is 0. The normalized spacial score (nSPS) is 12.4. The Morgan fingerprint density at radius 1 is 0.889 bits per heavy atom. The molecule has 0 saturated carbocycles. The Hall–Kier alpha value is -1.60. The fourth-order valence-corrected chi connectivity index (χ4v) is 2.47. The lowest BCUT2D eigenvalue weighted by Gasteiger charge is -2.18. The number of hydrogen-bond acceptors (Lipinski definition) is 1. The monoisotopic (exact) mass is 239 g/mol. The maximum absolute atomic E-state index is 5.97. The van der Waals surface area contributed by atoms with Crippen LogP contribution >= 0.6 is 0 Å². The molecule has 0 amide bonds. The van der Waals surface area contributed by atoms with Gasteiger partial charge in [0.1, 0.15) is 0 Å². The van der Waals surface area contributed by atoms with Gasteiger partial charge in [-0.05, 0) is 49.1 Å². The van der Waals surface area contributed by atoms with E-state index in [2.05, 4.69) is 62.4 Å². The van der Waals surface area contributed by atoms with Crippen molar-refractivity contribution in [2.75, 3.05) is 6.54 Å². The SMILES string of the molecule is Cc1ccccc1CC(CN)c1ccccc1C. The van der Waals surface area contributed by atoms with E-state index in [9.17, 15) is 0 Å². The highest BCUT2D eigenvalue weighted by Crippen LogP contribution is 2.24. The van der Waals surface area contributed by atoms with Gasteiger partial charge in [-0.25, -0.2) is 0 Å². The van der Waals surface area contributed by atoms with Gasteiger partial charge in [0.05, 0.1) is 0 Å². The van der Waals surface area contributed by atoms with Gasteiger partial charge in [0.2, 0.25) is 0 Å². The Kier molecular flexibility index (Phi) is 4.16. The van der Waals surface area contributed by atoms with Gasteiger partial charge in [-0.3, -0.25) is 0 Å². The van der Waals surface area contributed by atoms with Crippen LogP contribution in [-0.4, -0.2) is 6.54 Å². The van der Waals surface area contributed by atoms with Crippen LogP contribution in [0.25, 0.3) is 0 Å². The van der Waals surface area contributed by atoms with E-state index >= 15 is 0 Å². The van der Waals surface area contributed by atoms with Crippen LogP contribution in [-0.2, 0) is 6.42 Å². The van der Waals surface area contributed by atoms with Crippen LogP contribution in [0.1, 0.15) is 28.2 Å². The summed E-state index contributed by atoms with van der Waals surface area (Å²) in [5.74, 6) is 0.410. The fourth-order valence-electron chi connectivity index (χ4n) is 2.47. The van der Waals surface area contributed by atoms with Crippen LogP contribution in [0.2, 0.25) is 0 Å². The van der Waals surface area contributed by atoms with Gasteiger partial charge in [0.15, 0.2) is 0 Å². The van der Waals surface area contributed by atoms with Crippen molar-refractivity contribution >= 4 is 0 Å². The first kappa shape index (κ1) is 12.8. The molecule has 0 radical (unpaired) electrons. The van der Waals surface area contributed by atoms with Crippen LogP contribution < -0.4 is 5.73 Å². The molecular weight excluding hydrogens is 218 g/mol. The van der Waals surface area contributed by atoms with Crippen LogP contribution in [0.3, 0.4) is 0 Å². The molecule has 0 spiro atoms. The van der Waals surface area contributed by atoms with E-state index in [0.29, 0.717) is 12.5 Å². The molecule has 1 atom stereocenters. The third kappa shape index (κ3) is 2.80. The van der Waals surface area contributed by atoms with Gasteiger partial charge in [-0.2, -0.15) is 0 Å². The number of benzene rings is 2. The Bertz CT molecular complexity index is 517. The topological polar surface area (TPSA) is 26.0 Å². The Morgan fingerprint density at radius 2 is 1.50 bits per heavy atom. The van der Waals surface area contributed by atoms with E-state index in [-0.39, 0.29) is 0 Å². The van der Waals surface area contributed by atoms with E-state index in [1.807, 2.05) is 0 Å². The molecule has 0 fully saturated rings. The van der Waals surface area contributed by atoms with E-state index in [4.69, 9.17) is 5.73 Å². The highest BCUT2D eigenvalue weighted by Gasteiger charge is 2.13. The summed E-state index contributed by atoms with van der Waals surface area (Å²) in [6, 6.07) is 17.1. The van der Waals surface area contributed by atoms with E-state index in [1.165, 1.54) is 22.3 Å². The van der Waals surface area contributed by atoms with Crippen LogP contribution in [0.5, 0.6) is 0 Å². The molecule has 2 aromatic carbocycles. The minimum absolute atomic E-state index is 0.410. The molecule has 0 aliphatic rings. The maximum atomic E-state index is 5.97. The lowest BCUT2D eigenvalue weighted by Crippen LogP contribution is -2.16. The number of nitrogens with two attached hydrogens (primary N) is 1. The van der Waals surface area contributed by atoms with Crippen molar-refractivity contribution in [3.05, 3.63) is 70.8 Å². The summed E-state index contributed by atoms with van der Waals surface area (Å²) >= 11 is 0.